The van der Waals surface area contributed by atoms with Gasteiger partial charge in [0.2, 0.25) is 0 Å². The molecule has 0 aromatic heterocycles. The van der Waals surface area contributed by atoms with Gasteiger partial charge in [0.15, 0.2) is 5.41 Å². The molecule has 0 atom stereocenters. The van der Waals surface area contributed by atoms with Crippen LogP contribution in [-0.4, -0.2) is 46.3 Å². The molecule has 2 heterocycles. The summed E-state index contributed by atoms with van der Waals surface area (Å²) < 4.78 is 12.7. The fraction of sp³-hybridized carbons (Fsp3) is 0.600. The number of hydrogen-bond donors (Lipinski definition) is 2. The van der Waals surface area contributed by atoms with Gasteiger partial charge in [-0.3, -0.25) is 9.59 Å². The van der Waals surface area contributed by atoms with Gasteiger partial charge in [-0.25, -0.2) is 0 Å². The molecule has 0 unspecified atom stereocenters. The Morgan fingerprint density at radius 1 is 0.610 bits per heavy atom. The van der Waals surface area contributed by atoms with Crippen molar-refractivity contribution in [2.24, 2.45) is 5.41 Å². The Labute approximate surface area is 247 Å². The van der Waals surface area contributed by atoms with Crippen LogP contribution in [-0.2, 0) is 31.9 Å². The van der Waals surface area contributed by atoms with E-state index in [0.29, 0.717) is 25.7 Å². The van der Waals surface area contributed by atoms with Crippen molar-refractivity contribution in [2.75, 3.05) is 0 Å². The minimum Gasteiger partial charge on any atom is -0.461 e. The van der Waals surface area contributed by atoms with Crippen molar-refractivity contribution < 1.29 is 19.1 Å². The summed E-state index contributed by atoms with van der Waals surface area (Å²) in [6.45, 7) is 17.0. The number of benzene rings is 2. The molecule has 2 aliphatic rings. The lowest BCUT2D eigenvalue weighted by atomic mass is 9.75. The summed E-state index contributed by atoms with van der Waals surface area (Å²) in [6.07, 6.45) is 2.45. The van der Waals surface area contributed by atoms with Crippen LogP contribution in [0.15, 0.2) is 60.7 Å². The molecule has 41 heavy (non-hydrogen) atoms. The van der Waals surface area contributed by atoms with Crippen LogP contribution in [0.5, 0.6) is 0 Å². The van der Waals surface area contributed by atoms with E-state index in [1.807, 2.05) is 60.7 Å². The van der Waals surface area contributed by atoms with Crippen LogP contribution in [0, 0.1) is 5.41 Å². The summed E-state index contributed by atoms with van der Waals surface area (Å²) in [4.78, 5) is 29.1. The molecule has 6 nitrogen and oxygen atoms in total. The van der Waals surface area contributed by atoms with Gasteiger partial charge >= 0.3 is 11.9 Å². The topological polar surface area (TPSA) is 76.7 Å². The van der Waals surface area contributed by atoms with E-state index in [0.717, 1.165) is 11.1 Å². The van der Waals surface area contributed by atoms with Gasteiger partial charge in [-0.05, 0) is 79.4 Å². The predicted octanol–water partition coefficient (Wildman–Crippen LogP) is 6.16. The van der Waals surface area contributed by atoms with Crippen molar-refractivity contribution in [1.29, 1.82) is 0 Å². The van der Waals surface area contributed by atoms with Crippen molar-refractivity contribution >= 4 is 11.9 Å². The summed E-state index contributed by atoms with van der Waals surface area (Å²) in [5.41, 5.74) is -0.561. The van der Waals surface area contributed by atoms with E-state index in [9.17, 15) is 9.59 Å². The zero-order chi connectivity index (χ0) is 30.1. The second-order valence-corrected chi connectivity index (χ2v) is 15.1. The Bertz CT molecular complexity index is 1080. The number of carbonyl (C=O) groups is 2. The van der Waals surface area contributed by atoms with Crippen molar-refractivity contribution in [3.63, 3.8) is 0 Å². The summed E-state index contributed by atoms with van der Waals surface area (Å²) in [6, 6.07) is 19.5. The van der Waals surface area contributed by atoms with Crippen LogP contribution in [0.1, 0.15) is 92.2 Å². The molecular formula is C35H50N2O4. The average molecular weight is 563 g/mol. The third-order valence-electron chi connectivity index (χ3n) is 8.33. The van der Waals surface area contributed by atoms with Gasteiger partial charge in [0, 0.05) is 47.8 Å². The maximum absolute atomic E-state index is 14.5. The molecule has 0 bridgehead atoms. The molecule has 2 fully saturated rings. The minimum atomic E-state index is -1.53. The van der Waals surface area contributed by atoms with Gasteiger partial charge in [0.05, 0.1) is 0 Å². The molecule has 2 N–H and O–H groups in total. The largest absolute Gasteiger partial charge is 0.461 e. The monoisotopic (exact) mass is 562 g/mol. The molecule has 6 heteroatoms. The van der Waals surface area contributed by atoms with Gasteiger partial charge in [-0.2, -0.15) is 0 Å². The summed E-state index contributed by atoms with van der Waals surface area (Å²) >= 11 is 0. The number of piperidine rings is 2. The fourth-order valence-corrected chi connectivity index (χ4v) is 7.48. The predicted molar refractivity (Wildman–Crippen MR) is 164 cm³/mol. The van der Waals surface area contributed by atoms with Crippen molar-refractivity contribution in [3.8, 4) is 0 Å². The quantitative estimate of drug-likeness (QED) is 0.296. The number of hydrogen-bond acceptors (Lipinski definition) is 6. The van der Waals surface area contributed by atoms with Crippen LogP contribution in [0.4, 0.5) is 0 Å². The van der Waals surface area contributed by atoms with Crippen LogP contribution >= 0.6 is 0 Å². The van der Waals surface area contributed by atoms with Gasteiger partial charge in [-0.1, -0.05) is 60.7 Å². The highest BCUT2D eigenvalue weighted by Crippen LogP contribution is 2.38. The molecule has 2 saturated heterocycles. The number of carbonyl (C=O) groups excluding carboxylic acids is 2. The third kappa shape index (κ3) is 8.20. The van der Waals surface area contributed by atoms with Crippen LogP contribution in [0.3, 0.4) is 0 Å². The minimum absolute atomic E-state index is 0.204. The van der Waals surface area contributed by atoms with Crippen LogP contribution < -0.4 is 10.6 Å². The van der Waals surface area contributed by atoms with Gasteiger partial charge < -0.3 is 20.1 Å². The molecule has 4 rings (SSSR count). The Morgan fingerprint density at radius 2 is 0.902 bits per heavy atom. The fourth-order valence-electron chi connectivity index (χ4n) is 7.48. The molecule has 0 spiro atoms. The first-order valence-electron chi connectivity index (χ1n) is 15.1. The highest BCUT2D eigenvalue weighted by Gasteiger charge is 2.52. The molecule has 2 aromatic rings. The number of rotatable bonds is 8. The van der Waals surface area contributed by atoms with E-state index in [-0.39, 0.29) is 47.2 Å². The lowest BCUT2D eigenvalue weighted by molar-refractivity contribution is -0.183. The zero-order valence-electron chi connectivity index (χ0n) is 26.3. The first-order valence-corrected chi connectivity index (χ1v) is 15.1. The van der Waals surface area contributed by atoms with E-state index >= 15 is 0 Å². The molecule has 0 radical (unpaired) electrons. The number of ether oxygens (including phenoxy) is 2. The molecule has 0 aliphatic carbocycles. The number of esters is 2. The zero-order valence-corrected chi connectivity index (χ0v) is 26.3. The van der Waals surface area contributed by atoms with E-state index in [1.54, 1.807) is 0 Å². The SMILES string of the molecule is CC1(C)CC(OC(=O)C(Cc2ccccc2)(Cc2ccccc2)C(=O)OC2CC(C)(C)NC(C)(C)C2)CC(C)(C)N1. The molecular weight excluding hydrogens is 512 g/mol. The second-order valence-electron chi connectivity index (χ2n) is 15.1. The number of nitrogens with one attached hydrogen (secondary N) is 2. The lowest BCUT2D eigenvalue weighted by Gasteiger charge is -2.47. The first kappa shape index (κ1) is 31.2. The Kier molecular flexibility index (Phi) is 8.78. The highest BCUT2D eigenvalue weighted by molar-refractivity contribution is 6.01. The normalized spacial score (nSPS) is 22.0. The van der Waals surface area contributed by atoms with E-state index in [4.69, 9.17) is 9.47 Å². The molecule has 2 aromatic carbocycles. The van der Waals surface area contributed by atoms with E-state index < -0.39 is 17.4 Å². The molecule has 0 amide bonds. The maximum atomic E-state index is 14.5. The molecule has 224 valence electrons. The van der Waals surface area contributed by atoms with Crippen molar-refractivity contribution in [3.05, 3.63) is 71.8 Å². The van der Waals surface area contributed by atoms with Crippen molar-refractivity contribution in [2.45, 2.75) is 128 Å². The molecule has 2 aliphatic heterocycles. The Balaban J connectivity index is 1.73. The van der Waals surface area contributed by atoms with Gasteiger partial charge in [0.25, 0.3) is 0 Å². The molecule has 0 saturated carbocycles. The smallest absolute Gasteiger partial charge is 0.324 e. The van der Waals surface area contributed by atoms with Gasteiger partial charge in [-0.15, -0.1) is 0 Å². The van der Waals surface area contributed by atoms with E-state index in [1.165, 1.54) is 0 Å². The Morgan fingerprint density at radius 3 is 1.20 bits per heavy atom. The Hall–Kier alpha value is -2.70. The van der Waals surface area contributed by atoms with Crippen LogP contribution in [0.2, 0.25) is 0 Å². The second kappa shape index (κ2) is 11.5. The highest BCUT2D eigenvalue weighted by atomic mass is 16.6. The standard InChI is InChI=1S/C35H50N2O4/c1-31(2)21-27(22-32(3,4)36-31)40-29(38)35(19-25-15-11-9-12-16-25,20-26-17-13-10-14-18-26)30(39)41-28-23-33(5,6)37-34(7,8)24-28/h9-18,27-28,36-37H,19-24H2,1-8H3. The van der Waals surface area contributed by atoms with Crippen molar-refractivity contribution in [1.82, 2.24) is 10.6 Å². The maximum Gasteiger partial charge on any atom is 0.324 e. The van der Waals surface area contributed by atoms with E-state index in [2.05, 4.69) is 66.0 Å². The lowest BCUT2D eigenvalue weighted by Crippen LogP contribution is -2.61. The van der Waals surface area contributed by atoms with Crippen LogP contribution in [0.25, 0.3) is 0 Å². The van der Waals surface area contributed by atoms with Gasteiger partial charge in [0.1, 0.15) is 12.2 Å². The summed E-state index contributed by atoms with van der Waals surface area (Å²) in [5, 5.41) is 7.31. The first-order chi connectivity index (χ1) is 19.0. The summed E-state index contributed by atoms with van der Waals surface area (Å²) in [5.74, 6) is -0.998. The third-order valence-corrected chi connectivity index (χ3v) is 8.33. The summed E-state index contributed by atoms with van der Waals surface area (Å²) in [7, 11) is 0. The average Bonchev–Trinajstić information content (AvgIpc) is 2.80.